The fourth-order valence-corrected chi connectivity index (χ4v) is 4.45. The number of esters is 1. The Hall–Kier alpha value is -3.41. The summed E-state index contributed by atoms with van der Waals surface area (Å²) in [4.78, 5) is 27.1. The quantitative estimate of drug-likeness (QED) is 0.548. The molecule has 2 heterocycles. The SMILES string of the molecule is COC(=O)c1ccc2c(c1)C(C)(C)/C(=C/C=C1/C(=O)N(C3C=CC=CC3)N=C1C)N2C. The Morgan fingerprint density at radius 3 is 2.71 bits per heavy atom. The molecule has 4 rings (SSSR count). The van der Waals surface area contributed by atoms with Gasteiger partial charge in [-0.15, -0.1) is 0 Å². The largest absolute Gasteiger partial charge is 0.465 e. The Morgan fingerprint density at radius 1 is 1.26 bits per heavy atom. The minimum absolute atomic E-state index is 0.0439. The molecule has 0 saturated heterocycles. The molecule has 3 aliphatic rings. The van der Waals surface area contributed by atoms with Crippen LogP contribution in [0.3, 0.4) is 0 Å². The van der Waals surface area contributed by atoms with Crippen LogP contribution in [0.25, 0.3) is 0 Å². The second-order valence-corrected chi connectivity index (χ2v) is 8.49. The molecule has 1 aromatic rings. The predicted octanol–water partition coefficient (Wildman–Crippen LogP) is 4.11. The Bertz CT molecular complexity index is 1110. The van der Waals surface area contributed by atoms with E-state index in [9.17, 15) is 9.59 Å². The van der Waals surface area contributed by atoms with Crippen LogP contribution in [0, 0.1) is 0 Å². The van der Waals surface area contributed by atoms with E-state index in [0.29, 0.717) is 16.8 Å². The topological polar surface area (TPSA) is 62.2 Å². The minimum Gasteiger partial charge on any atom is -0.465 e. The molecule has 1 aromatic carbocycles. The molecule has 0 radical (unpaired) electrons. The van der Waals surface area contributed by atoms with Crippen molar-refractivity contribution in [1.82, 2.24) is 5.01 Å². The predicted molar refractivity (Wildman–Crippen MR) is 122 cm³/mol. The minimum atomic E-state index is -0.351. The highest BCUT2D eigenvalue weighted by Crippen LogP contribution is 2.47. The number of hydrogen-bond acceptors (Lipinski definition) is 5. The second-order valence-electron chi connectivity index (χ2n) is 8.49. The first-order chi connectivity index (χ1) is 14.8. The zero-order valence-electron chi connectivity index (χ0n) is 18.5. The van der Waals surface area contributed by atoms with Crippen LogP contribution in [0.4, 0.5) is 5.69 Å². The molecule has 1 amide bonds. The van der Waals surface area contributed by atoms with Gasteiger partial charge in [-0.3, -0.25) is 4.79 Å². The van der Waals surface area contributed by atoms with Crippen molar-refractivity contribution in [3.05, 3.63) is 77.1 Å². The fourth-order valence-electron chi connectivity index (χ4n) is 4.45. The molecule has 160 valence electrons. The van der Waals surface area contributed by atoms with Crippen LogP contribution in [-0.4, -0.2) is 42.8 Å². The number of ether oxygens (including phenoxy) is 1. The highest BCUT2D eigenvalue weighted by atomic mass is 16.5. The van der Waals surface area contributed by atoms with Crippen LogP contribution in [0.15, 0.2) is 71.0 Å². The van der Waals surface area contributed by atoms with E-state index in [2.05, 4.69) is 23.8 Å². The van der Waals surface area contributed by atoms with E-state index < -0.39 is 0 Å². The molecule has 1 aliphatic carbocycles. The van der Waals surface area contributed by atoms with Gasteiger partial charge in [0.25, 0.3) is 5.91 Å². The molecule has 0 saturated carbocycles. The van der Waals surface area contributed by atoms with Gasteiger partial charge < -0.3 is 9.64 Å². The number of fused-ring (bicyclic) bond motifs is 1. The van der Waals surface area contributed by atoms with Gasteiger partial charge in [-0.05, 0) is 49.3 Å². The summed E-state index contributed by atoms with van der Waals surface area (Å²) in [6.07, 6.45) is 12.6. The summed E-state index contributed by atoms with van der Waals surface area (Å²) in [6.45, 7) is 6.10. The van der Waals surface area contributed by atoms with Gasteiger partial charge in [0.2, 0.25) is 0 Å². The van der Waals surface area contributed by atoms with Crippen LogP contribution in [-0.2, 0) is 14.9 Å². The van der Waals surface area contributed by atoms with Gasteiger partial charge in [-0.25, -0.2) is 9.80 Å². The number of likely N-dealkylation sites (N-methyl/N-ethyl adjacent to an activating group) is 1. The summed E-state index contributed by atoms with van der Waals surface area (Å²) in [5.41, 5.74) is 4.63. The lowest BCUT2D eigenvalue weighted by Crippen LogP contribution is -2.32. The lowest BCUT2D eigenvalue weighted by molar-refractivity contribution is -0.127. The molecule has 6 nitrogen and oxygen atoms in total. The molecular formula is C25H27N3O3. The average molecular weight is 418 g/mol. The third-order valence-electron chi connectivity index (χ3n) is 6.22. The van der Waals surface area contributed by atoms with E-state index in [4.69, 9.17) is 4.74 Å². The van der Waals surface area contributed by atoms with E-state index in [1.807, 2.05) is 62.6 Å². The lowest BCUT2D eigenvalue weighted by atomic mass is 9.83. The molecule has 0 aromatic heterocycles. The number of carbonyl (C=O) groups excluding carboxylic acids is 2. The number of rotatable bonds is 3. The zero-order valence-corrected chi connectivity index (χ0v) is 18.5. The van der Waals surface area contributed by atoms with Crippen molar-refractivity contribution < 1.29 is 14.3 Å². The Labute approximate surface area is 182 Å². The third-order valence-corrected chi connectivity index (χ3v) is 6.22. The Balaban J connectivity index is 1.66. The van der Waals surface area contributed by atoms with E-state index in [1.165, 1.54) is 7.11 Å². The third kappa shape index (κ3) is 3.42. The first kappa shape index (κ1) is 20.8. The summed E-state index contributed by atoms with van der Waals surface area (Å²) in [6, 6.07) is 5.57. The van der Waals surface area contributed by atoms with Crippen LogP contribution in [0.1, 0.15) is 43.1 Å². The fraction of sp³-hybridized carbons (Fsp3) is 0.320. The number of allylic oxidation sites excluding steroid dienone is 5. The van der Waals surface area contributed by atoms with Crippen LogP contribution < -0.4 is 4.90 Å². The average Bonchev–Trinajstić information content (AvgIpc) is 3.16. The molecule has 0 N–H and O–H groups in total. The standard InChI is InChI=1S/C25H27N3O3/c1-16-19(23(29)28(26-16)18-9-7-6-8-10-18)12-14-22-25(2,3)20-15-17(24(30)31-5)11-13-21(20)27(22)4/h6-9,11-15,18H,10H2,1-5H3/b19-12+,22-14-. The number of hydrazone groups is 1. The molecule has 1 atom stereocenters. The molecule has 31 heavy (non-hydrogen) atoms. The normalized spacial score (nSPS) is 24.2. The van der Waals surface area contributed by atoms with Crippen molar-refractivity contribution in [2.45, 2.75) is 38.6 Å². The number of methoxy groups -OCH3 is 1. The van der Waals surface area contributed by atoms with Gasteiger partial charge in [0.05, 0.1) is 30.0 Å². The highest BCUT2D eigenvalue weighted by molar-refractivity contribution is 6.24. The maximum atomic E-state index is 13.0. The number of anilines is 1. The molecule has 0 fully saturated rings. The smallest absolute Gasteiger partial charge is 0.337 e. The van der Waals surface area contributed by atoms with Crippen LogP contribution in [0.5, 0.6) is 0 Å². The summed E-state index contributed by atoms with van der Waals surface area (Å²) in [5.74, 6) is -0.431. The van der Waals surface area contributed by atoms with Gasteiger partial charge in [0.1, 0.15) is 0 Å². The van der Waals surface area contributed by atoms with Crippen LogP contribution in [0.2, 0.25) is 0 Å². The number of hydrogen-bond donors (Lipinski definition) is 0. The number of benzene rings is 1. The van der Waals surface area contributed by atoms with Gasteiger partial charge in [0, 0.05) is 23.8 Å². The maximum absolute atomic E-state index is 13.0. The summed E-state index contributed by atoms with van der Waals surface area (Å²) in [7, 11) is 3.38. The molecular weight excluding hydrogens is 390 g/mol. The first-order valence-corrected chi connectivity index (χ1v) is 10.4. The zero-order chi connectivity index (χ0) is 22.3. The van der Waals surface area contributed by atoms with E-state index >= 15 is 0 Å². The Morgan fingerprint density at radius 2 is 2.03 bits per heavy atom. The summed E-state index contributed by atoms with van der Waals surface area (Å²) < 4.78 is 4.88. The monoisotopic (exact) mass is 417 g/mol. The van der Waals surface area contributed by atoms with E-state index in [1.54, 1.807) is 11.1 Å². The summed E-state index contributed by atoms with van der Waals surface area (Å²) >= 11 is 0. The second kappa shape index (κ2) is 7.69. The summed E-state index contributed by atoms with van der Waals surface area (Å²) in [5, 5.41) is 6.08. The van der Waals surface area contributed by atoms with Crippen molar-refractivity contribution in [3.63, 3.8) is 0 Å². The van der Waals surface area contributed by atoms with Crippen LogP contribution >= 0.6 is 0 Å². The Kier molecular flexibility index (Phi) is 5.17. The number of amides is 1. The van der Waals surface area contributed by atoms with Crippen molar-refractivity contribution >= 4 is 23.3 Å². The number of carbonyl (C=O) groups is 2. The maximum Gasteiger partial charge on any atom is 0.337 e. The van der Waals surface area contributed by atoms with Gasteiger partial charge in [-0.1, -0.05) is 38.2 Å². The molecule has 2 aliphatic heterocycles. The molecule has 1 unspecified atom stereocenters. The van der Waals surface area contributed by atoms with E-state index in [-0.39, 0.29) is 23.3 Å². The lowest BCUT2D eigenvalue weighted by Gasteiger charge is -2.24. The van der Waals surface area contributed by atoms with Gasteiger partial charge in [-0.2, -0.15) is 5.10 Å². The number of nitrogens with zero attached hydrogens (tertiary/aromatic N) is 3. The van der Waals surface area contributed by atoms with E-state index in [0.717, 1.165) is 23.4 Å². The molecule has 6 heteroatoms. The van der Waals surface area contributed by atoms with Crippen molar-refractivity contribution in [2.75, 3.05) is 19.1 Å². The van der Waals surface area contributed by atoms with Gasteiger partial charge in [0.15, 0.2) is 0 Å². The van der Waals surface area contributed by atoms with Gasteiger partial charge >= 0.3 is 5.97 Å². The first-order valence-electron chi connectivity index (χ1n) is 10.4. The molecule has 0 spiro atoms. The van der Waals surface area contributed by atoms with Crippen molar-refractivity contribution in [1.29, 1.82) is 0 Å². The highest BCUT2D eigenvalue weighted by Gasteiger charge is 2.39. The van der Waals surface area contributed by atoms with Crippen molar-refractivity contribution in [3.8, 4) is 0 Å². The molecule has 0 bridgehead atoms. The van der Waals surface area contributed by atoms with Crippen molar-refractivity contribution in [2.24, 2.45) is 5.10 Å².